The molecule has 3 amide bonds. The molecule has 10 rings (SSSR count). The first kappa shape index (κ1) is 55.3. The van der Waals surface area contributed by atoms with Gasteiger partial charge in [-0.2, -0.15) is 18.2 Å². The lowest BCUT2D eigenvalue weighted by molar-refractivity contribution is -0.149. The standard InChI is InChI=1S/C58H68F3N13O6/c1-6-39-30-44(49(76)32-48(39)75)51-66-67-53(54(77)63-36(3)58(59,60)61)74(51)41-14-12-37(13-15-41)34-70-26-28-71(29-27-70)35-38-18-22-73(23-19-38)55(78)40-20-24-72(25-21-40)42-16-17-45(50(31-42)80-7-2)64-57-62-33-47-52(65-57)68(4)46-11-9-8-10-43(46)56(79)69(47)5/h8-17,30-33,36,38,40,75-76H,6-7,18-29,34-35H2,1-5H3,(H,63,77)(H,62,64,65). The summed E-state index contributed by atoms with van der Waals surface area (Å²) >= 11 is 0. The minimum Gasteiger partial charge on any atom is -0.508 e. The van der Waals surface area contributed by atoms with Crippen molar-refractivity contribution in [3.8, 4) is 34.3 Å². The number of phenolic OH excluding ortho intramolecular Hbond substituents is 2. The fraction of sp³-hybridized carbons (Fsp3) is 0.431. The van der Waals surface area contributed by atoms with Gasteiger partial charge in [-0.3, -0.25) is 23.9 Å². The minimum atomic E-state index is -4.68. The number of anilines is 6. The van der Waals surface area contributed by atoms with Crippen molar-refractivity contribution in [1.82, 2.24) is 44.7 Å². The molecule has 0 aliphatic carbocycles. The number of alkyl halides is 3. The highest BCUT2D eigenvalue weighted by Crippen LogP contribution is 2.41. The van der Waals surface area contributed by atoms with E-state index in [1.54, 1.807) is 30.3 Å². The Morgan fingerprint density at radius 1 is 0.787 bits per heavy atom. The number of hydrogen-bond acceptors (Lipinski definition) is 15. The van der Waals surface area contributed by atoms with Gasteiger partial charge in [-0.25, -0.2) is 4.98 Å². The molecule has 1 unspecified atom stereocenters. The third-order valence-corrected chi connectivity index (χ3v) is 16.0. The summed E-state index contributed by atoms with van der Waals surface area (Å²) in [7, 11) is 3.62. The van der Waals surface area contributed by atoms with E-state index in [0.29, 0.717) is 71.2 Å². The highest BCUT2D eigenvalue weighted by Gasteiger charge is 2.39. The summed E-state index contributed by atoms with van der Waals surface area (Å²) in [4.78, 5) is 62.7. The summed E-state index contributed by atoms with van der Waals surface area (Å²) in [5, 5.41) is 34.6. The molecule has 0 radical (unpaired) electrons. The van der Waals surface area contributed by atoms with Crippen LogP contribution in [0, 0.1) is 11.8 Å². The van der Waals surface area contributed by atoms with Crippen molar-refractivity contribution >= 4 is 52.2 Å². The van der Waals surface area contributed by atoms with Crippen molar-refractivity contribution in [2.75, 3.05) is 99.6 Å². The molecule has 0 bridgehead atoms. The lowest BCUT2D eigenvalue weighted by Gasteiger charge is -2.40. The van der Waals surface area contributed by atoms with Crippen LogP contribution in [0.3, 0.4) is 0 Å². The number of aromatic hydroxyl groups is 2. The Labute approximate surface area is 463 Å². The van der Waals surface area contributed by atoms with Crippen LogP contribution in [0.5, 0.6) is 17.2 Å². The zero-order valence-corrected chi connectivity index (χ0v) is 45.7. The fourth-order valence-electron chi connectivity index (χ4n) is 11.2. The van der Waals surface area contributed by atoms with Crippen molar-refractivity contribution in [1.29, 1.82) is 0 Å². The molecule has 3 saturated heterocycles. The van der Waals surface area contributed by atoms with E-state index < -0.39 is 23.9 Å². The number of fused-ring (bicyclic) bond motifs is 2. The lowest BCUT2D eigenvalue weighted by atomic mass is 9.91. The Morgan fingerprint density at radius 2 is 1.49 bits per heavy atom. The van der Waals surface area contributed by atoms with Crippen LogP contribution in [0.4, 0.5) is 47.7 Å². The van der Waals surface area contributed by atoms with Crippen LogP contribution in [-0.2, 0) is 17.8 Å². The average molecular weight is 1100 g/mol. The van der Waals surface area contributed by atoms with Crippen molar-refractivity contribution in [3.05, 3.63) is 108 Å². The van der Waals surface area contributed by atoms with Gasteiger partial charge in [0.15, 0.2) is 11.6 Å². The molecule has 22 heteroatoms. The molecule has 3 fully saturated rings. The maximum absolute atomic E-state index is 13.9. The maximum Gasteiger partial charge on any atom is 0.408 e. The maximum atomic E-state index is 13.9. The average Bonchev–Trinajstić information content (AvgIpc) is 3.93. The Balaban J connectivity index is 0.688. The summed E-state index contributed by atoms with van der Waals surface area (Å²) in [6.45, 7) is 13.3. The molecular formula is C58H68F3N13O6. The molecular weight excluding hydrogens is 1030 g/mol. The number of phenols is 2. The van der Waals surface area contributed by atoms with Gasteiger partial charge in [0.05, 0.1) is 35.3 Å². The predicted octanol–water partition coefficient (Wildman–Crippen LogP) is 8.15. The van der Waals surface area contributed by atoms with Gasteiger partial charge in [-0.1, -0.05) is 31.2 Å². The van der Waals surface area contributed by atoms with Crippen LogP contribution in [0.2, 0.25) is 0 Å². The number of para-hydroxylation sites is 1. The van der Waals surface area contributed by atoms with Gasteiger partial charge < -0.3 is 50.1 Å². The summed E-state index contributed by atoms with van der Waals surface area (Å²) in [6.07, 6.45) is 0.889. The first-order valence-corrected chi connectivity index (χ1v) is 27.5. The number of benzene rings is 4. The lowest BCUT2D eigenvalue weighted by Crippen LogP contribution is -2.49. The summed E-state index contributed by atoms with van der Waals surface area (Å²) < 4.78 is 47.8. The third-order valence-electron chi connectivity index (χ3n) is 16.0. The number of carbonyl (C=O) groups is 3. The van der Waals surface area contributed by atoms with E-state index in [-0.39, 0.29) is 40.6 Å². The second kappa shape index (κ2) is 23.4. The summed E-state index contributed by atoms with van der Waals surface area (Å²) in [5.41, 5.74) is 5.74. The molecule has 4 aliphatic rings. The van der Waals surface area contributed by atoms with Crippen molar-refractivity contribution in [2.45, 2.75) is 71.6 Å². The Morgan fingerprint density at radius 3 is 2.19 bits per heavy atom. The fourth-order valence-corrected chi connectivity index (χ4v) is 11.2. The molecule has 6 heterocycles. The molecule has 19 nitrogen and oxygen atoms in total. The molecule has 6 aromatic rings. The van der Waals surface area contributed by atoms with Crippen molar-refractivity contribution in [2.24, 2.45) is 11.8 Å². The largest absolute Gasteiger partial charge is 0.508 e. The van der Waals surface area contributed by atoms with Crippen LogP contribution in [-0.4, -0.2) is 159 Å². The highest BCUT2D eigenvalue weighted by atomic mass is 19.4. The molecule has 4 N–H and O–H groups in total. The number of halogens is 3. The second-order valence-electron chi connectivity index (χ2n) is 21.1. The number of piperazine rings is 1. The van der Waals surface area contributed by atoms with Gasteiger partial charge in [-0.15, -0.1) is 10.2 Å². The molecule has 2 aromatic heterocycles. The van der Waals surface area contributed by atoms with Gasteiger partial charge in [0.1, 0.15) is 29.0 Å². The highest BCUT2D eigenvalue weighted by molar-refractivity contribution is 6.13. The number of carbonyl (C=O) groups excluding carboxylic acids is 3. The van der Waals surface area contributed by atoms with Crippen LogP contribution >= 0.6 is 0 Å². The van der Waals surface area contributed by atoms with Gasteiger partial charge in [-0.05, 0) is 105 Å². The van der Waals surface area contributed by atoms with E-state index in [1.165, 1.54) is 16.7 Å². The number of nitrogens with zero attached hydrogens (tertiary/aromatic N) is 11. The number of ether oxygens (including phenoxy) is 1. The quantitative estimate of drug-likeness (QED) is 0.0767. The summed E-state index contributed by atoms with van der Waals surface area (Å²) in [6, 6.07) is 21.4. The first-order valence-electron chi connectivity index (χ1n) is 27.5. The van der Waals surface area contributed by atoms with Crippen LogP contribution < -0.4 is 30.1 Å². The predicted molar refractivity (Wildman–Crippen MR) is 299 cm³/mol. The van der Waals surface area contributed by atoms with E-state index in [4.69, 9.17) is 9.72 Å². The molecule has 4 aromatic carbocycles. The minimum absolute atomic E-state index is 0.0156. The van der Waals surface area contributed by atoms with Gasteiger partial charge >= 0.3 is 6.18 Å². The molecule has 0 spiro atoms. The van der Waals surface area contributed by atoms with E-state index in [2.05, 4.69) is 46.2 Å². The second-order valence-corrected chi connectivity index (χ2v) is 21.1. The number of nitrogens with one attached hydrogen (secondary N) is 2. The molecule has 4 aliphatic heterocycles. The number of likely N-dealkylation sites (tertiary alicyclic amines) is 1. The number of amides is 3. The van der Waals surface area contributed by atoms with E-state index in [9.17, 15) is 37.8 Å². The molecule has 80 heavy (non-hydrogen) atoms. The van der Waals surface area contributed by atoms with Gasteiger partial charge in [0.2, 0.25) is 17.7 Å². The van der Waals surface area contributed by atoms with Gasteiger partial charge in [0.25, 0.3) is 11.8 Å². The number of piperidine rings is 2. The van der Waals surface area contributed by atoms with E-state index in [1.807, 2.05) is 79.6 Å². The van der Waals surface area contributed by atoms with Crippen molar-refractivity contribution < 1.29 is 42.5 Å². The zero-order valence-electron chi connectivity index (χ0n) is 45.7. The smallest absolute Gasteiger partial charge is 0.408 e. The monoisotopic (exact) mass is 1100 g/mol. The van der Waals surface area contributed by atoms with Crippen molar-refractivity contribution in [3.63, 3.8) is 0 Å². The zero-order chi connectivity index (χ0) is 56.4. The number of hydrogen-bond donors (Lipinski definition) is 4. The number of rotatable bonds is 15. The van der Waals surface area contributed by atoms with E-state index >= 15 is 0 Å². The van der Waals surface area contributed by atoms with Crippen LogP contribution in [0.1, 0.15) is 78.6 Å². The Bertz CT molecular complexity index is 3220. The first-order chi connectivity index (χ1) is 38.5. The Kier molecular flexibility index (Phi) is 16.2. The normalized spacial score (nSPS) is 17.2. The van der Waals surface area contributed by atoms with Gasteiger partial charge in [0, 0.05) is 109 Å². The molecule has 1 atom stereocenters. The SMILES string of the molecule is CCOc1cc(N2CCC(C(=O)N3CCC(CN4CCN(Cc5ccc(-n6c(C(=O)NC(C)C(F)(F)F)nnc6-c6cc(CC)c(O)cc6O)cc5)CC4)CC3)CC2)ccc1Nc1ncc2c(n1)N(C)c1ccccc1C(=O)N2C. The van der Waals surface area contributed by atoms with Crippen LogP contribution in [0.15, 0.2) is 85.1 Å². The van der Waals surface area contributed by atoms with E-state index in [0.717, 1.165) is 108 Å². The molecule has 422 valence electrons. The number of aryl methyl sites for hydroxylation is 1. The third kappa shape index (κ3) is 11.7. The Hall–Kier alpha value is -7.98. The summed E-state index contributed by atoms with van der Waals surface area (Å²) in [5.74, 6) is 0.338. The van der Waals surface area contributed by atoms with Crippen LogP contribution in [0.25, 0.3) is 17.1 Å². The molecule has 0 saturated carbocycles. The number of aromatic nitrogens is 5. The topological polar surface area (TPSA) is 201 Å².